The summed E-state index contributed by atoms with van der Waals surface area (Å²) < 4.78 is 16.7. The maximum atomic E-state index is 12.8. The molecular weight excluding hydrogens is 781 g/mol. The monoisotopic (exact) mass is 873 g/mol. The molecule has 1 atom stereocenters. The van der Waals surface area contributed by atoms with Gasteiger partial charge in [0.25, 0.3) is 0 Å². The van der Waals surface area contributed by atoms with E-state index in [1.54, 1.807) is 0 Å². The number of esters is 3. The van der Waals surface area contributed by atoms with Crippen LogP contribution in [0.2, 0.25) is 0 Å². The van der Waals surface area contributed by atoms with E-state index in [1.807, 2.05) is 0 Å². The molecule has 0 unspecified atom stereocenters. The summed E-state index contributed by atoms with van der Waals surface area (Å²) in [6, 6.07) is 0. The zero-order valence-electron chi connectivity index (χ0n) is 40.5. The molecule has 0 radical (unpaired) electrons. The van der Waals surface area contributed by atoms with Gasteiger partial charge in [0.2, 0.25) is 0 Å². The van der Waals surface area contributed by atoms with Gasteiger partial charge in [-0.3, -0.25) is 14.4 Å². The molecule has 6 heteroatoms. The zero-order chi connectivity index (χ0) is 45.8. The number of allylic oxidation sites excluding steroid dienone is 18. The summed E-state index contributed by atoms with van der Waals surface area (Å²) in [7, 11) is 0. The van der Waals surface area contributed by atoms with Crippen LogP contribution in [0.5, 0.6) is 0 Å². The second kappa shape index (κ2) is 50.7. The van der Waals surface area contributed by atoms with Crippen molar-refractivity contribution in [2.75, 3.05) is 13.2 Å². The Balaban J connectivity index is 4.56. The van der Waals surface area contributed by atoms with Crippen LogP contribution < -0.4 is 0 Å². The normalized spacial score (nSPS) is 13.0. The van der Waals surface area contributed by atoms with Gasteiger partial charge in [-0.1, -0.05) is 175 Å². The van der Waals surface area contributed by atoms with Gasteiger partial charge in [0.1, 0.15) is 13.2 Å². The molecule has 0 spiro atoms. The Labute approximate surface area is 387 Å². The molecule has 0 fully saturated rings. The van der Waals surface area contributed by atoms with E-state index in [-0.39, 0.29) is 37.5 Å². The summed E-state index contributed by atoms with van der Waals surface area (Å²) in [5, 5.41) is 0. The molecule has 0 saturated carbocycles. The molecule has 6 nitrogen and oxygen atoms in total. The molecule has 63 heavy (non-hydrogen) atoms. The summed E-state index contributed by atoms with van der Waals surface area (Å²) in [5.74, 6) is -1.02. The first-order chi connectivity index (χ1) is 31.0. The van der Waals surface area contributed by atoms with Crippen molar-refractivity contribution >= 4 is 17.9 Å². The lowest BCUT2D eigenvalue weighted by molar-refractivity contribution is -0.167. The van der Waals surface area contributed by atoms with Crippen LogP contribution in [0.15, 0.2) is 109 Å². The number of ether oxygens (including phenoxy) is 3. The van der Waals surface area contributed by atoms with Crippen molar-refractivity contribution in [3.05, 3.63) is 109 Å². The Morgan fingerprint density at radius 1 is 0.333 bits per heavy atom. The average molecular weight is 873 g/mol. The SMILES string of the molecule is CC/C=C\C/C=C\C/C=C\CCCCCCCC(=O)OC[C@H](COC(=O)CCCC/C=C\C/C=C\C/C=C\CCCCC)OC(=O)CCCC/C=C\C/C=C\C/C=C\CCCCC. The highest BCUT2D eigenvalue weighted by molar-refractivity contribution is 5.71. The maximum Gasteiger partial charge on any atom is 0.306 e. The van der Waals surface area contributed by atoms with Gasteiger partial charge < -0.3 is 14.2 Å². The molecule has 0 rings (SSSR count). The van der Waals surface area contributed by atoms with E-state index < -0.39 is 6.10 Å². The van der Waals surface area contributed by atoms with Gasteiger partial charge in [-0.2, -0.15) is 0 Å². The molecule has 0 heterocycles. The predicted octanol–water partition coefficient (Wildman–Crippen LogP) is 16.8. The summed E-state index contributed by atoms with van der Waals surface area (Å²) in [4.78, 5) is 37.9. The molecule has 0 saturated heterocycles. The Morgan fingerprint density at radius 2 is 0.619 bits per heavy atom. The molecule has 0 aliphatic rings. The first-order valence-corrected chi connectivity index (χ1v) is 25.4. The smallest absolute Gasteiger partial charge is 0.306 e. The number of hydrogen-bond acceptors (Lipinski definition) is 6. The minimum absolute atomic E-state index is 0.117. The van der Waals surface area contributed by atoms with Crippen LogP contribution in [-0.4, -0.2) is 37.2 Å². The Hall–Kier alpha value is -3.93. The second-order valence-electron chi connectivity index (χ2n) is 16.3. The molecule has 0 aromatic rings. The van der Waals surface area contributed by atoms with Crippen LogP contribution in [0, 0.1) is 0 Å². The van der Waals surface area contributed by atoms with E-state index in [4.69, 9.17) is 14.2 Å². The van der Waals surface area contributed by atoms with E-state index in [0.29, 0.717) is 25.7 Å². The van der Waals surface area contributed by atoms with Crippen molar-refractivity contribution in [3.8, 4) is 0 Å². The minimum Gasteiger partial charge on any atom is -0.462 e. The number of hydrogen-bond donors (Lipinski definition) is 0. The average Bonchev–Trinajstić information content (AvgIpc) is 3.28. The first-order valence-electron chi connectivity index (χ1n) is 25.4. The van der Waals surface area contributed by atoms with Crippen LogP contribution >= 0.6 is 0 Å². The lowest BCUT2D eigenvalue weighted by Gasteiger charge is -2.18. The standard InChI is InChI=1S/C57H92O6/c1-4-7-10-13-16-19-22-25-28-31-34-37-40-43-46-49-55(58)61-52-54(63-57(60)51-48-45-42-39-36-33-30-27-24-21-18-15-12-9-6-3)53-62-56(59)50-47-44-41-38-35-32-29-26-23-20-17-14-11-8-5-2/h7,10,16-21,25-30,35-36,38-39,54H,4-6,8-9,11-15,22-24,31-34,37,40-53H2,1-3H3/b10-7-,19-16-,20-17-,21-18-,28-25-,29-26-,30-27-,38-35-,39-36-/t54-/m1/s1. The third kappa shape index (κ3) is 49.0. The van der Waals surface area contributed by atoms with Crippen LogP contribution in [-0.2, 0) is 28.6 Å². The predicted molar refractivity (Wildman–Crippen MR) is 270 cm³/mol. The van der Waals surface area contributed by atoms with Crippen LogP contribution in [0.1, 0.15) is 213 Å². The molecule has 0 N–H and O–H groups in total. The molecule has 0 aromatic heterocycles. The minimum atomic E-state index is -0.822. The second-order valence-corrected chi connectivity index (χ2v) is 16.3. The fourth-order valence-electron chi connectivity index (χ4n) is 6.41. The van der Waals surface area contributed by atoms with Crippen molar-refractivity contribution in [1.82, 2.24) is 0 Å². The molecule has 0 bridgehead atoms. The van der Waals surface area contributed by atoms with E-state index in [9.17, 15) is 14.4 Å². The Kier molecular flexibility index (Phi) is 47.5. The van der Waals surface area contributed by atoms with Gasteiger partial charge in [0.15, 0.2) is 6.10 Å². The van der Waals surface area contributed by atoms with Crippen molar-refractivity contribution in [2.24, 2.45) is 0 Å². The molecule has 0 aliphatic heterocycles. The fraction of sp³-hybridized carbons (Fsp3) is 0.632. The molecule has 0 aliphatic carbocycles. The fourth-order valence-corrected chi connectivity index (χ4v) is 6.41. The summed E-state index contributed by atoms with van der Waals surface area (Å²) in [5.41, 5.74) is 0. The first kappa shape index (κ1) is 59.1. The topological polar surface area (TPSA) is 78.9 Å². The van der Waals surface area contributed by atoms with E-state index >= 15 is 0 Å². The molecule has 0 aromatic carbocycles. The Morgan fingerprint density at radius 3 is 1.00 bits per heavy atom. The quantitative estimate of drug-likeness (QED) is 0.0263. The van der Waals surface area contributed by atoms with Gasteiger partial charge in [-0.05, 0) is 128 Å². The highest BCUT2D eigenvalue weighted by Gasteiger charge is 2.19. The molecule has 356 valence electrons. The lowest BCUT2D eigenvalue weighted by atomic mass is 10.1. The Bertz CT molecular complexity index is 1330. The number of carbonyl (C=O) groups excluding carboxylic acids is 3. The zero-order valence-corrected chi connectivity index (χ0v) is 40.5. The number of rotatable bonds is 44. The third-order valence-corrected chi connectivity index (χ3v) is 10.2. The van der Waals surface area contributed by atoms with Crippen LogP contribution in [0.3, 0.4) is 0 Å². The largest absolute Gasteiger partial charge is 0.462 e. The van der Waals surface area contributed by atoms with Crippen molar-refractivity contribution in [2.45, 2.75) is 219 Å². The van der Waals surface area contributed by atoms with Crippen molar-refractivity contribution in [1.29, 1.82) is 0 Å². The highest BCUT2D eigenvalue weighted by Crippen LogP contribution is 2.11. The number of unbranched alkanes of at least 4 members (excludes halogenated alkanes) is 15. The van der Waals surface area contributed by atoms with Crippen LogP contribution in [0.25, 0.3) is 0 Å². The maximum absolute atomic E-state index is 12.8. The van der Waals surface area contributed by atoms with E-state index in [0.717, 1.165) is 109 Å². The third-order valence-electron chi connectivity index (χ3n) is 10.2. The van der Waals surface area contributed by atoms with Crippen molar-refractivity contribution in [3.63, 3.8) is 0 Å². The van der Waals surface area contributed by atoms with Gasteiger partial charge in [-0.25, -0.2) is 0 Å². The van der Waals surface area contributed by atoms with Gasteiger partial charge in [-0.15, -0.1) is 0 Å². The van der Waals surface area contributed by atoms with Gasteiger partial charge >= 0.3 is 17.9 Å². The van der Waals surface area contributed by atoms with Gasteiger partial charge in [0.05, 0.1) is 0 Å². The van der Waals surface area contributed by atoms with Crippen molar-refractivity contribution < 1.29 is 28.6 Å². The van der Waals surface area contributed by atoms with E-state index in [2.05, 4.69) is 130 Å². The summed E-state index contributed by atoms with van der Waals surface area (Å²) in [6.45, 7) is 6.37. The lowest BCUT2D eigenvalue weighted by Crippen LogP contribution is -2.30. The van der Waals surface area contributed by atoms with Crippen LogP contribution in [0.4, 0.5) is 0 Å². The molecular formula is C57H92O6. The number of carbonyl (C=O) groups is 3. The highest BCUT2D eigenvalue weighted by atomic mass is 16.6. The molecule has 0 amide bonds. The van der Waals surface area contributed by atoms with E-state index in [1.165, 1.54) is 51.4 Å². The van der Waals surface area contributed by atoms with Gasteiger partial charge in [0, 0.05) is 19.3 Å². The summed E-state index contributed by atoms with van der Waals surface area (Å²) >= 11 is 0. The summed E-state index contributed by atoms with van der Waals surface area (Å²) in [6.07, 6.45) is 67.8.